The van der Waals surface area contributed by atoms with Crippen LogP contribution in [-0.4, -0.2) is 0 Å². The van der Waals surface area contributed by atoms with E-state index in [0.29, 0.717) is 0 Å². The maximum atomic E-state index is 12.5. The maximum absolute atomic E-state index is 12.5. The summed E-state index contributed by atoms with van der Waals surface area (Å²) in [5.74, 6) is -0.259. The van der Waals surface area contributed by atoms with Crippen LogP contribution in [0.1, 0.15) is 5.56 Å². The summed E-state index contributed by atoms with van der Waals surface area (Å²) in [4.78, 5) is 0.814. The number of hydrogen-bond acceptors (Lipinski definition) is 2. The van der Waals surface area contributed by atoms with E-state index >= 15 is 0 Å². The predicted molar refractivity (Wildman–Crippen MR) is 42.6 cm³/mol. The van der Waals surface area contributed by atoms with Gasteiger partial charge in [0.05, 0.1) is 0 Å². The van der Waals surface area contributed by atoms with E-state index in [1.165, 1.54) is 12.1 Å². The normalized spacial score (nSPS) is 9.18. The van der Waals surface area contributed by atoms with Crippen molar-refractivity contribution in [3.8, 4) is 5.40 Å². The van der Waals surface area contributed by atoms with Gasteiger partial charge in [-0.1, -0.05) is 0 Å². The van der Waals surface area contributed by atoms with E-state index in [0.717, 1.165) is 22.2 Å². The van der Waals surface area contributed by atoms with Crippen molar-refractivity contribution < 1.29 is 4.39 Å². The van der Waals surface area contributed by atoms with E-state index in [1.807, 2.05) is 5.40 Å². The second-order valence-corrected chi connectivity index (χ2v) is 2.93. The van der Waals surface area contributed by atoms with E-state index in [1.54, 1.807) is 13.0 Å². The molecule has 0 aliphatic rings. The average molecular weight is 167 g/mol. The molecular formula is C8H6FNS. The zero-order valence-corrected chi connectivity index (χ0v) is 6.78. The molecule has 0 N–H and O–H groups in total. The van der Waals surface area contributed by atoms with E-state index in [9.17, 15) is 4.39 Å². The number of nitrogens with zero attached hydrogens (tertiary/aromatic N) is 1. The van der Waals surface area contributed by atoms with Crippen LogP contribution in [-0.2, 0) is 0 Å². The highest BCUT2D eigenvalue weighted by Crippen LogP contribution is 2.21. The molecule has 0 aromatic heterocycles. The lowest BCUT2D eigenvalue weighted by molar-refractivity contribution is 0.625. The van der Waals surface area contributed by atoms with Gasteiger partial charge in [-0.05, 0) is 42.4 Å². The molecule has 3 heteroatoms. The van der Waals surface area contributed by atoms with E-state index in [4.69, 9.17) is 5.26 Å². The number of benzene rings is 1. The number of thiocyanates is 1. The van der Waals surface area contributed by atoms with Gasteiger partial charge in [-0.25, -0.2) is 4.39 Å². The van der Waals surface area contributed by atoms with Crippen LogP contribution in [0.5, 0.6) is 0 Å². The summed E-state index contributed by atoms with van der Waals surface area (Å²) in [6.45, 7) is 1.78. The van der Waals surface area contributed by atoms with Crippen molar-refractivity contribution in [3.05, 3.63) is 29.6 Å². The molecule has 11 heavy (non-hydrogen) atoms. The van der Waals surface area contributed by atoms with Crippen molar-refractivity contribution in [2.24, 2.45) is 0 Å². The quantitative estimate of drug-likeness (QED) is 0.474. The highest BCUT2D eigenvalue weighted by atomic mass is 32.2. The Kier molecular flexibility index (Phi) is 2.50. The molecule has 0 aliphatic heterocycles. The van der Waals surface area contributed by atoms with E-state index < -0.39 is 0 Å². The lowest BCUT2D eigenvalue weighted by atomic mass is 10.2. The third-order valence-electron chi connectivity index (χ3n) is 1.29. The molecule has 0 unspecified atom stereocenters. The lowest BCUT2D eigenvalue weighted by Crippen LogP contribution is -1.79. The molecule has 0 atom stereocenters. The summed E-state index contributed by atoms with van der Waals surface area (Å²) in [7, 11) is 0. The van der Waals surface area contributed by atoms with Crippen LogP contribution in [0.3, 0.4) is 0 Å². The fraction of sp³-hybridized carbons (Fsp3) is 0.125. The van der Waals surface area contributed by atoms with Crippen molar-refractivity contribution in [1.29, 1.82) is 5.26 Å². The molecule has 1 rings (SSSR count). The van der Waals surface area contributed by atoms with Crippen molar-refractivity contribution in [2.45, 2.75) is 11.8 Å². The standard InChI is InChI=1S/C8H6FNS/c1-6-4-7(9)2-3-8(6)11-5-10/h2-4H,1H3. The molecule has 0 saturated carbocycles. The summed E-state index contributed by atoms with van der Waals surface area (Å²) in [5.41, 5.74) is 0.802. The first-order valence-corrected chi connectivity index (χ1v) is 3.88. The van der Waals surface area contributed by atoms with Crippen LogP contribution in [0, 0.1) is 23.4 Å². The van der Waals surface area contributed by atoms with E-state index in [2.05, 4.69) is 0 Å². The number of halogens is 1. The van der Waals surface area contributed by atoms with Gasteiger partial charge in [0.15, 0.2) is 0 Å². The molecule has 0 aliphatic carbocycles. The average Bonchev–Trinajstić information content (AvgIpc) is 1.95. The number of nitriles is 1. The molecule has 0 spiro atoms. The van der Waals surface area contributed by atoms with Crippen LogP contribution in [0.25, 0.3) is 0 Å². The van der Waals surface area contributed by atoms with Gasteiger partial charge in [0.1, 0.15) is 11.2 Å². The molecule has 1 aromatic rings. The highest BCUT2D eigenvalue weighted by Gasteiger charge is 1.98. The minimum atomic E-state index is -0.259. The summed E-state index contributed by atoms with van der Waals surface area (Å²) in [6.07, 6.45) is 0. The van der Waals surface area contributed by atoms with Crippen LogP contribution < -0.4 is 0 Å². The van der Waals surface area contributed by atoms with Gasteiger partial charge in [-0.2, -0.15) is 5.26 Å². The molecule has 56 valence electrons. The fourth-order valence-electron chi connectivity index (χ4n) is 0.777. The first-order chi connectivity index (χ1) is 5.24. The Morgan fingerprint density at radius 1 is 1.55 bits per heavy atom. The Balaban J connectivity index is 3.01. The Morgan fingerprint density at radius 2 is 2.27 bits per heavy atom. The SMILES string of the molecule is Cc1cc(F)ccc1SC#N. The maximum Gasteiger partial charge on any atom is 0.138 e. The summed E-state index contributed by atoms with van der Waals surface area (Å²) in [6, 6.07) is 4.38. The van der Waals surface area contributed by atoms with Gasteiger partial charge >= 0.3 is 0 Å². The highest BCUT2D eigenvalue weighted by molar-refractivity contribution is 8.03. The molecule has 0 saturated heterocycles. The minimum Gasteiger partial charge on any atom is -0.207 e. The first-order valence-electron chi connectivity index (χ1n) is 3.06. The second kappa shape index (κ2) is 3.40. The van der Waals surface area contributed by atoms with E-state index in [-0.39, 0.29) is 5.82 Å². The molecule has 1 nitrogen and oxygen atoms in total. The zero-order chi connectivity index (χ0) is 8.27. The van der Waals surface area contributed by atoms with Gasteiger partial charge in [0.25, 0.3) is 0 Å². The Bertz CT molecular complexity index is 303. The topological polar surface area (TPSA) is 23.8 Å². The Hall–Kier alpha value is -1.01. The molecule has 0 bridgehead atoms. The van der Waals surface area contributed by atoms with Gasteiger partial charge in [0, 0.05) is 4.90 Å². The van der Waals surface area contributed by atoms with Crippen LogP contribution >= 0.6 is 11.8 Å². The lowest BCUT2D eigenvalue weighted by Gasteiger charge is -1.98. The molecule has 0 heterocycles. The van der Waals surface area contributed by atoms with Gasteiger partial charge in [-0.3, -0.25) is 0 Å². The molecular weight excluding hydrogens is 161 g/mol. The van der Waals surface area contributed by atoms with Crippen LogP contribution in [0.2, 0.25) is 0 Å². The Labute approximate surface area is 68.8 Å². The number of thioether (sulfide) groups is 1. The minimum absolute atomic E-state index is 0.259. The predicted octanol–water partition coefficient (Wildman–Crippen LogP) is 2.71. The van der Waals surface area contributed by atoms with Crippen molar-refractivity contribution in [3.63, 3.8) is 0 Å². The smallest absolute Gasteiger partial charge is 0.138 e. The van der Waals surface area contributed by atoms with Crippen LogP contribution in [0.4, 0.5) is 4.39 Å². The summed E-state index contributed by atoms with van der Waals surface area (Å²) in [5, 5.41) is 10.3. The van der Waals surface area contributed by atoms with Crippen molar-refractivity contribution in [2.75, 3.05) is 0 Å². The fourth-order valence-corrected chi connectivity index (χ4v) is 1.23. The monoisotopic (exact) mass is 167 g/mol. The first kappa shape index (κ1) is 8.09. The van der Waals surface area contributed by atoms with Crippen molar-refractivity contribution >= 4 is 11.8 Å². The molecule has 1 aromatic carbocycles. The summed E-state index contributed by atoms with van der Waals surface area (Å²) < 4.78 is 12.5. The van der Waals surface area contributed by atoms with Gasteiger partial charge in [-0.15, -0.1) is 0 Å². The molecule has 0 fully saturated rings. The largest absolute Gasteiger partial charge is 0.207 e. The van der Waals surface area contributed by atoms with Gasteiger partial charge in [0.2, 0.25) is 0 Å². The second-order valence-electron chi connectivity index (χ2n) is 2.10. The number of hydrogen-bond donors (Lipinski definition) is 0. The molecule has 0 radical (unpaired) electrons. The number of rotatable bonds is 1. The van der Waals surface area contributed by atoms with Crippen LogP contribution in [0.15, 0.2) is 23.1 Å². The number of aryl methyl sites for hydroxylation is 1. The Morgan fingerprint density at radius 3 is 2.82 bits per heavy atom. The summed E-state index contributed by atoms with van der Waals surface area (Å²) >= 11 is 1.05. The molecule has 0 amide bonds. The third-order valence-corrected chi connectivity index (χ3v) is 2.06. The van der Waals surface area contributed by atoms with Gasteiger partial charge < -0.3 is 0 Å². The third kappa shape index (κ3) is 1.95. The van der Waals surface area contributed by atoms with Crippen molar-refractivity contribution in [1.82, 2.24) is 0 Å². The zero-order valence-electron chi connectivity index (χ0n) is 5.97.